The number of ether oxygens (including phenoxy) is 6. The standard InChI is InChI=1S/C60H90N6O20P2/c1-13-14-29-82-58(74)61-24-28-65(25-16-15-20-43(87(75,76)77)88(78,79)80)32-42(68)85-53-34(4)18-17-19-35(5)57(73)62-49-48-47(63-60(64-48)22-26-66(27-23-60)31-33(2)3)44-45(52(49)71)51(70)39(9)55-46(44)56(72)59(11,86-55)83-30-21-41(81-12)36(6)54(84-40(10)67)38(8)50(69)37(53)7/h17-19,21,30,33-34,36-38,41,43,50,53-54,63,69-71H,13-16,20,22-29,31-32H2,1-12H3,(H,61,74)(H2,75,76,77)(H2,78,79,80)/b18-17+,30-21+,35-19-,62-49?/t34-,36+,37-,38+,41-,50+,53-,54+,59-/m0/s1. The van der Waals surface area contributed by atoms with Gasteiger partial charge in [-0.25, -0.2) is 9.79 Å². The number of aliphatic hydroxyl groups excluding tert-OH is 1. The topological polar surface area (TPSA) is 372 Å². The van der Waals surface area contributed by atoms with Gasteiger partial charge in [0, 0.05) is 107 Å². The van der Waals surface area contributed by atoms with Crippen LogP contribution in [-0.4, -0.2) is 175 Å². The van der Waals surface area contributed by atoms with E-state index in [4.69, 9.17) is 33.4 Å². The number of allylic oxidation sites excluding steroid dienone is 2. The highest BCUT2D eigenvalue weighted by Gasteiger charge is 2.51. The monoisotopic (exact) mass is 1280 g/mol. The van der Waals surface area contributed by atoms with Crippen LogP contribution >= 0.6 is 15.2 Å². The molecule has 0 unspecified atom stereocenters. The molecule has 1 spiro atoms. The number of esters is 2. The molecule has 0 aliphatic carbocycles. The third-order valence-electron chi connectivity index (χ3n) is 16.9. The summed E-state index contributed by atoms with van der Waals surface area (Å²) in [7, 11) is -9.01. The third-order valence-corrected chi connectivity index (χ3v) is 20.8. The summed E-state index contributed by atoms with van der Waals surface area (Å²) in [4.78, 5) is 121. The number of fused-ring (bicyclic) bond motifs is 13. The van der Waals surface area contributed by atoms with Gasteiger partial charge in [0.25, 0.3) is 11.7 Å². The number of ketones is 1. The molecule has 7 rings (SSSR count). The molecule has 0 saturated carbocycles. The summed E-state index contributed by atoms with van der Waals surface area (Å²) < 4.78 is 59.9. The van der Waals surface area contributed by atoms with E-state index in [0.717, 1.165) is 13.0 Å². The van der Waals surface area contributed by atoms with Gasteiger partial charge < -0.3 is 78.8 Å². The van der Waals surface area contributed by atoms with Crippen LogP contribution in [-0.2, 0) is 47.2 Å². The molecule has 5 aliphatic heterocycles. The molecule has 490 valence electrons. The Morgan fingerprint density at radius 1 is 0.909 bits per heavy atom. The quantitative estimate of drug-likeness (QED) is 0.0242. The van der Waals surface area contributed by atoms with E-state index in [9.17, 15) is 68.0 Å². The van der Waals surface area contributed by atoms with Crippen molar-refractivity contribution < 1.29 is 96.4 Å². The van der Waals surface area contributed by atoms with Crippen LogP contribution in [0.4, 0.5) is 10.5 Å². The maximum atomic E-state index is 15.0. The van der Waals surface area contributed by atoms with Crippen molar-refractivity contribution in [1.82, 2.24) is 15.1 Å². The molecule has 88 heavy (non-hydrogen) atoms. The summed E-state index contributed by atoms with van der Waals surface area (Å²) >= 11 is 0. The van der Waals surface area contributed by atoms with Crippen molar-refractivity contribution in [1.29, 1.82) is 0 Å². The molecule has 5 heterocycles. The van der Waals surface area contributed by atoms with E-state index in [1.54, 1.807) is 38.7 Å². The molecule has 5 aliphatic rings. The molecule has 26 nitrogen and oxygen atoms in total. The first-order valence-corrected chi connectivity index (χ1v) is 33.4. The van der Waals surface area contributed by atoms with Crippen molar-refractivity contribution in [3.05, 3.63) is 58.0 Å². The van der Waals surface area contributed by atoms with Gasteiger partial charge in [0.15, 0.2) is 11.1 Å². The van der Waals surface area contributed by atoms with Gasteiger partial charge >= 0.3 is 39.0 Å². The second-order valence-electron chi connectivity index (χ2n) is 24.3. The lowest BCUT2D eigenvalue weighted by Crippen LogP contribution is -2.48. The fourth-order valence-electron chi connectivity index (χ4n) is 12.0. The van der Waals surface area contributed by atoms with Crippen molar-refractivity contribution in [3.8, 4) is 17.2 Å². The summed E-state index contributed by atoms with van der Waals surface area (Å²) in [6.07, 6.45) is 3.95. The number of rotatable bonds is 20. The average molecular weight is 1280 g/mol. The number of carbonyl (C=O) groups is 5. The van der Waals surface area contributed by atoms with Gasteiger partial charge in [-0.15, -0.1) is 0 Å². The van der Waals surface area contributed by atoms with E-state index >= 15 is 0 Å². The third kappa shape index (κ3) is 17.0. The molecule has 1 fully saturated rings. The first-order chi connectivity index (χ1) is 41.2. The van der Waals surface area contributed by atoms with E-state index in [0.29, 0.717) is 38.3 Å². The Hall–Kier alpha value is -5.79. The summed E-state index contributed by atoms with van der Waals surface area (Å²) in [5, 5.41) is 40.5. The van der Waals surface area contributed by atoms with E-state index in [1.807, 2.05) is 6.92 Å². The van der Waals surface area contributed by atoms with Gasteiger partial charge in [0.2, 0.25) is 0 Å². The number of benzene rings is 2. The van der Waals surface area contributed by atoms with Crippen molar-refractivity contribution in [2.24, 2.45) is 39.6 Å². The largest absolute Gasteiger partial charge is 0.507 e. The SMILES string of the molecule is CCCCOC(=O)NCCN(CCCCC(P(=O)(O)O)P(=O)(O)O)CC(=O)O[C@@H]1[C@@H](C)[C@@H](O)[C@@H](C)[C@H](OC(C)=O)[C@H](C)[C@@H](OC)/C=C/O[C@@]2(C)Oc3c(C)c(O)c4c(O)c(c5c(c4c3C2=O)NC2(CCN(CC(C)C)CC2)N=5)=NC(=O)/C(C)=C\C=C\[C@@H]1C. The summed E-state index contributed by atoms with van der Waals surface area (Å²) in [6.45, 7) is 20.4. The van der Waals surface area contributed by atoms with E-state index in [2.05, 4.69) is 34.4 Å². The summed E-state index contributed by atoms with van der Waals surface area (Å²) in [6, 6.07) is 0. The number of methoxy groups -OCH3 is 1. The van der Waals surface area contributed by atoms with Crippen LogP contribution in [0.25, 0.3) is 10.8 Å². The number of hydrogen-bond acceptors (Lipinski definition) is 20. The predicted octanol–water partition coefficient (Wildman–Crippen LogP) is 5.98. The number of phenolic OH excluding ortho intramolecular Hbond substituents is 2. The van der Waals surface area contributed by atoms with Crippen molar-refractivity contribution in [2.75, 3.05) is 64.8 Å². The van der Waals surface area contributed by atoms with Crippen molar-refractivity contribution in [3.63, 3.8) is 0 Å². The summed E-state index contributed by atoms with van der Waals surface area (Å²) in [5.41, 5.74) is -0.562. The molecule has 0 radical (unpaired) electrons. The van der Waals surface area contributed by atoms with Gasteiger partial charge in [-0.1, -0.05) is 79.5 Å². The van der Waals surface area contributed by atoms with E-state index in [1.165, 1.54) is 59.3 Å². The van der Waals surface area contributed by atoms with Crippen molar-refractivity contribution >= 4 is 61.4 Å². The van der Waals surface area contributed by atoms with Crippen LogP contribution in [0.5, 0.6) is 17.2 Å². The van der Waals surface area contributed by atoms with Gasteiger partial charge in [-0.3, -0.25) is 38.2 Å². The number of hydrogen-bond donors (Lipinski definition) is 9. The number of carbonyl (C=O) groups excluding carboxylic acids is 5. The van der Waals surface area contributed by atoms with Gasteiger partial charge in [-0.05, 0) is 51.6 Å². The summed E-state index contributed by atoms with van der Waals surface area (Å²) in [5.74, 6) is -9.07. The number of anilines is 1. The van der Waals surface area contributed by atoms with Gasteiger partial charge in [0.1, 0.15) is 40.1 Å². The van der Waals surface area contributed by atoms with Gasteiger partial charge in [-0.2, -0.15) is 0 Å². The molecule has 2 aromatic rings. The maximum absolute atomic E-state index is 15.0. The zero-order valence-corrected chi connectivity index (χ0v) is 54.2. The molecule has 9 atom stereocenters. The maximum Gasteiger partial charge on any atom is 0.407 e. The van der Waals surface area contributed by atoms with Gasteiger partial charge in [0.05, 0.1) is 48.3 Å². The Kier molecular flexibility index (Phi) is 24.2. The Balaban J connectivity index is 1.44. The lowest BCUT2D eigenvalue weighted by molar-refractivity contribution is -0.166. The smallest absolute Gasteiger partial charge is 0.407 e. The normalized spacial score (nSPS) is 26.6. The second-order valence-corrected chi connectivity index (χ2v) is 28.3. The second kappa shape index (κ2) is 29.9. The Bertz CT molecular complexity index is 3200. The minimum absolute atomic E-state index is 0.0126. The number of unbranched alkanes of at least 4 members (excludes halogenated alkanes) is 2. The first-order valence-electron chi connectivity index (χ1n) is 30.0. The molecule has 2 amide bonds. The van der Waals surface area contributed by atoms with Crippen LogP contribution in [0.2, 0.25) is 0 Å². The van der Waals surface area contributed by atoms with Crippen LogP contribution in [0.1, 0.15) is 130 Å². The molecule has 28 heteroatoms. The van der Waals surface area contributed by atoms with E-state index < -0.39 is 134 Å². The van der Waals surface area contributed by atoms with Crippen molar-refractivity contribution in [2.45, 2.75) is 162 Å². The number of nitrogens with one attached hydrogen (secondary N) is 2. The highest BCUT2D eigenvalue weighted by atomic mass is 31.2. The number of Topliss-reactive ketones (excluding diaryl/α,β-unsaturated/α-hetero) is 1. The number of amides is 2. The van der Waals surface area contributed by atoms with Crippen LogP contribution in [0, 0.1) is 36.5 Å². The molecule has 1 saturated heterocycles. The predicted molar refractivity (Wildman–Crippen MR) is 324 cm³/mol. The number of nitrogens with zero attached hydrogens (tertiary/aromatic N) is 4. The number of alkyl carbamates (subject to hydrolysis) is 1. The highest BCUT2D eigenvalue weighted by Crippen LogP contribution is 2.61. The van der Waals surface area contributed by atoms with Crippen LogP contribution < -0.4 is 26.1 Å². The fraction of sp³-hybridized carbons (Fsp3) is 0.650. The molecular weight excluding hydrogens is 1190 g/mol. The zero-order valence-electron chi connectivity index (χ0n) is 52.4. The fourth-order valence-corrected chi connectivity index (χ4v) is 14.6. The minimum atomic E-state index is -5.21. The number of likely N-dealkylation sites (tertiary alicyclic amines) is 1. The number of phenols is 2. The molecule has 5 bridgehead atoms. The highest BCUT2D eigenvalue weighted by molar-refractivity contribution is 7.70. The Morgan fingerprint density at radius 3 is 2.18 bits per heavy atom. The molecule has 9 N–H and O–H groups in total. The van der Waals surface area contributed by atoms with Crippen LogP contribution in [0.15, 0.2) is 46.1 Å². The minimum Gasteiger partial charge on any atom is -0.507 e. The lowest BCUT2D eigenvalue weighted by Gasteiger charge is -2.39. The lowest BCUT2D eigenvalue weighted by atomic mass is 9.78. The number of piperidine rings is 1. The number of aromatic hydroxyl groups is 2. The first kappa shape index (κ1) is 71.3. The molecular formula is C60H90N6O20P2. The Morgan fingerprint density at radius 2 is 1.57 bits per heavy atom. The number of aliphatic hydroxyl groups is 1. The molecule has 2 aromatic carbocycles. The Labute approximate surface area is 513 Å². The van der Waals surface area contributed by atoms with E-state index in [-0.39, 0.29) is 88.7 Å². The van der Waals surface area contributed by atoms with Crippen LogP contribution in [0.3, 0.4) is 0 Å². The average Bonchev–Trinajstić information content (AvgIpc) is 1.55. The molecule has 0 aromatic heterocycles. The zero-order chi connectivity index (χ0) is 65.4.